The molecule has 5 unspecified atom stereocenters. The minimum Gasteiger partial charge on any atom is -0.480 e. The molecule has 0 fully saturated rings. The fourth-order valence-electron chi connectivity index (χ4n) is 2.22. The van der Waals surface area contributed by atoms with Crippen LogP contribution >= 0.6 is 25.3 Å². The van der Waals surface area contributed by atoms with E-state index in [0.717, 1.165) is 0 Å². The average molecular weight is 454 g/mol. The van der Waals surface area contributed by atoms with E-state index in [1.54, 1.807) is 0 Å². The lowest BCUT2D eigenvalue weighted by molar-refractivity contribution is -0.141. The molecule has 5 atom stereocenters. The van der Waals surface area contributed by atoms with Crippen molar-refractivity contribution < 1.29 is 29.4 Å². The second-order valence-electron chi connectivity index (χ2n) is 6.44. The number of aliphatic hydroxyl groups excluding tert-OH is 1. The standard InChI is InChI=1S/C16H31N5O6S2/c1-8(22)12(21-13(23)9(18)4-2-3-5-17)15(25)19-10(6-28)14(24)20-11(7-29)16(26)27/h8-12,22,28-29H,2-7,17-18H2,1H3,(H,19,25)(H,20,24)(H,21,23)(H,26,27). The Morgan fingerprint density at radius 3 is 1.93 bits per heavy atom. The summed E-state index contributed by atoms with van der Waals surface area (Å²) in [7, 11) is 0. The molecule has 0 saturated carbocycles. The topological polar surface area (TPSA) is 197 Å². The summed E-state index contributed by atoms with van der Waals surface area (Å²) in [6.45, 7) is 1.76. The highest BCUT2D eigenvalue weighted by atomic mass is 32.1. The maximum Gasteiger partial charge on any atom is 0.327 e. The Bertz CT molecular complexity index is 566. The molecular formula is C16H31N5O6S2. The Labute approximate surface area is 180 Å². The molecule has 0 rings (SSSR count). The van der Waals surface area contributed by atoms with Gasteiger partial charge in [0.2, 0.25) is 17.7 Å². The first-order chi connectivity index (χ1) is 13.6. The average Bonchev–Trinajstić information content (AvgIpc) is 2.67. The lowest BCUT2D eigenvalue weighted by Crippen LogP contribution is -2.60. The van der Waals surface area contributed by atoms with Gasteiger partial charge < -0.3 is 37.6 Å². The molecule has 0 aromatic carbocycles. The van der Waals surface area contributed by atoms with E-state index in [0.29, 0.717) is 25.8 Å². The van der Waals surface area contributed by atoms with Crippen molar-refractivity contribution >= 4 is 48.9 Å². The molecule has 0 spiro atoms. The lowest BCUT2D eigenvalue weighted by Gasteiger charge is -2.25. The second-order valence-corrected chi connectivity index (χ2v) is 7.17. The Morgan fingerprint density at radius 2 is 1.48 bits per heavy atom. The largest absolute Gasteiger partial charge is 0.480 e. The number of unbranched alkanes of at least 4 members (excludes halogenated alkanes) is 1. The summed E-state index contributed by atoms with van der Waals surface area (Å²) in [5.41, 5.74) is 11.2. The Kier molecular flexibility index (Phi) is 13.7. The lowest BCUT2D eigenvalue weighted by atomic mass is 10.1. The summed E-state index contributed by atoms with van der Waals surface area (Å²) in [5.74, 6) is -3.83. The van der Waals surface area contributed by atoms with Gasteiger partial charge in [-0.3, -0.25) is 14.4 Å². The SMILES string of the molecule is CC(O)C(NC(=O)C(N)CCCCN)C(=O)NC(CS)C(=O)NC(CS)C(=O)O. The number of nitrogens with two attached hydrogens (primary N) is 2. The first-order valence-electron chi connectivity index (χ1n) is 9.08. The first-order valence-corrected chi connectivity index (χ1v) is 10.3. The van der Waals surface area contributed by atoms with Crippen molar-refractivity contribution in [2.45, 2.75) is 56.5 Å². The number of aliphatic hydroxyl groups is 1. The molecule has 0 radical (unpaired) electrons. The molecule has 11 nitrogen and oxygen atoms in total. The Morgan fingerprint density at radius 1 is 0.931 bits per heavy atom. The number of thiol groups is 2. The van der Waals surface area contributed by atoms with Crippen molar-refractivity contribution in [3.05, 3.63) is 0 Å². The predicted molar refractivity (Wildman–Crippen MR) is 114 cm³/mol. The highest BCUT2D eigenvalue weighted by Gasteiger charge is 2.31. The van der Waals surface area contributed by atoms with Gasteiger partial charge in [0.25, 0.3) is 0 Å². The first kappa shape index (κ1) is 27.5. The van der Waals surface area contributed by atoms with E-state index < -0.39 is 54.0 Å². The molecule has 3 amide bonds. The van der Waals surface area contributed by atoms with Gasteiger partial charge in [-0.1, -0.05) is 6.42 Å². The van der Waals surface area contributed by atoms with Crippen molar-refractivity contribution in [2.24, 2.45) is 11.5 Å². The predicted octanol–water partition coefficient (Wildman–Crippen LogP) is -2.78. The van der Waals surface area contributed by atoms with Gasteiger partial charge in [0, 0.05) is 11.5 Å². The third-order valence-electron chi connectivity index (χ3n) is 3.98. The van der Waals surface area contributed by atoms with Crippen LogP contribution in [-0.4, -0.2) is 82.2 Å². The van der Waals surface area contributed by atoms with Crippen LogP contribution in [0, 0.1) is 0 Å². The minimum absolute atomic E-state index is 0.143. The summed E-state index contributed by atoms with van der Waals surface area (Å²) in [5, 5.41) is 25.8. The summed E-state index contributed by atoms with van der Waals surface area (Å²) in [6.07, 6.45) is 0.417. The molecule has 0 aliphatic heterocycles. The van der Waals surface area contributed by atoms with Gasteiger partial charge in [-0.2, -0.15) is 25.3 Å². The van der Waals surface area contributed by atoms with E-state index in [1.807, 2.05) is 0 Å². The highest BCUT2D eigenvalue weighted by Crippen LogP contribution is 2.02. The van der Waals surface area contributed by atoms with Crippen molar-refractivity contribution in [3.8, 4) is 0 Å². The van der Waals surface area contributed by atoms with E-state index in [1.165, 1.54) is 6.92 Å². The van der Waals surface area contributed by atoms with Crippen molar-refractivity contribution in [1.29, 1.82) is 0 Å². The molecule has 0 aliphatic carbocycles. The summed E-state index contributed by atoms with van der Waals surface area (Å²) in [6, 6.07) is -4.68. The van der Waals surface area contributed by atoms with Gasteiger partial charge in [0.05, 0.1) is 12.1 Å². The summed E-state index contributed by atoms with van der Waals surface area (Å²) < 4.78 is 0. The smallest absolute Gasteiger partial charge is 0.327 e. The van der Waals surface area contributed by atoms with E-state index in [-0.39, 0.29) is 11.5 Å². The van der Waals surface area contributed by atoms with Crippen LogP contribution in [-0.2, 0) is 19.2 Å². The zero-order valence-corrected chi connectivity index (χ0v) is 18.0. The fourth-order valence-corrected chi connectivity index (χ4v) is 2.72. The van der Waals surface area contributed by atoms with Gasteiger partial charge in [-0.15, -0.1) is 0 Å². The second kappa shape index (κ2) is 14.4. The molecule has 0 aliphatic rings. The molecule has 0 heterocycles. The van der Waals surface area contributed by atoms with Gasteiger partial charge in [-0.05, 0) is 26.3 Å². The Hall–Kier alpha value is -1.54. The fraction of sp³-hybridized carbons (Fsp3) is 0.750. The molecule has 0 aromatic rings. The Balaban J connectivity index is 4.99. The van der Waals surface area contributed by atoms with Crippen molar-refractivity contribution in [3.63, 3.8) is 0 Å². The molecule has 13 heteroatoms. The van der Waals surface area contributed by atoms with Gasteiger partial charge >= 0.3 is 5.97 Å². The number of carboxylic acid groups (broad SMARTS) is 1. The van der Waals surface area contributed by atoms with E-state index in [2.05, 4.69) is 41.2 Å². The van der Waals surface area contributed by atoms with Crippen LogP contribution in [0.3, 0.4) is 0 Å². The monoisotopic (exact) mass is 453 g/mol. The van der Waals surface area contributed by atoms with Crippen LogP contribution in [0.25, 0.3) is 0 Å². The molecular weight excluding hydrogens is 422 g/mol. The quantitative estimate of drug-likeness (QED) is 0.0994. The number of nitrogens with one attached hydrogen (secondary N) is 3. The third-order valence-corrected chi connectivity index (χ3v) is 4.71. The molecule has 0 aromatic heterocycles. The van der Waals surface area contributed by atoms with Crippen LogP contribution < -0.4 is 27.4 Å². The number of carboxylic acids is 1. The van der Waals surface area contributed by atoms with Crippen LogP contribution in [0.4, 0.5) is 0 Å². The highest BCUT2D eigenvalue weighted by molar-refractivity contribution is 7.80. The number of rotatable bonds is 14. The van der Waals surface area contributed by atoms with Crippen LogP contribution in [0.15, 0.2) is 0 Å². The number of carbonyl (C=O) groups excluding carboxylic acids is 3. The van der Waals surface area contributed by atoms with Crippen LogP contribution in [0.5, 0.6) is 0 Å². The van der Waals surface area contributed by atoms with E-state index in [9.17, 15) is 24.3 Å². The van der Waals surface area contributed by atoms with Crippen LogP contribution in [0.2, 0.25) is 0 Å². The number of hydrogen-bond donors (Lipinski definition) is 9. The molecule has 29 heavy (non-hydrogen) atoms. The van der Waals surface area contributed by atoms with Crippen molar-refractivity contribution in [1.82, 2.24) is 16.0 Å². The maximum absolute atomic E-state index is 12.5. The molecule has 168 valence electrons. The third kappa shape index (κ3) is 10.2. The molecule has 0 saturated heterocycles. The summed E-state index contributed by atoms with van der Waals surface area (Å²) >= 11 is 7.82. The number of aliphatic carboxylic acids is 1. The summed E-state index contributed by atoms with van der Waals surface area (Å²) in [4.78, 5) is 47.9. The number of carbonyl (C=O) groups is 4. The van der Waals surface area contributed by atoms with E-state index in [4.69, 9.17) is 16.6 Å². The normalized spacial score (nSPS) is 16.1. The number of hydrogen-bond acceptors (Lipinski definition) is 9. The van der Waals surface area contributed by atoms with E-state index >= 15 is 0 Å². The zero-order chi connectivity index (χ0) is 22.6. The maximum atomic E-state index is 12.5. The minimum atomic E-state index is -1.36. The van der Waals surface area contributed by atoms with Gasteiger partial charge in [0.15, 0.2) is 0 Å². The number of amides is 3. The molecule has 0 bridgehead atoms. The molecule has 9 N–H and O–H groups in total. The zero-order valence-electron chi connectivity index (χ0n) is 16.2. The van der Waals surface area contributed by atoms with Crippen LogP contribution in [0.1, 0.15) is 26.2 Å². The van der Waals surface area contributed by atoms with Gasteiger partial charge in [0.1, 0.15) is 18.1 Å². The van der Waals surface area contributed by atoms with Gasteiger partial charge in [-0.25, -0.2) is 4.79 Å². The van der Waals surface area contributed by atoms with Crippen molar-refractivity contribution in [2.75, 3.05) is 18.1 Å².